The van der Waals surface area contributed by atoms with Crippen molar-refractivity contribution in [2.45, 2.75) is 11.8 Å². The molecule has 3 nitrogen and oxygen atoms in total. The maximum Gasteiger partial charge on any atom is 0.318 e. The summed E-state index contributed by atoms with van der Waals surface area (Å²) in [6, 6.07) is 6.56. The zero-order chi connectivity index (χ0) is 11.6. The van der Waals surface area contributed by atoms with Crippen molar-refractivity contribution in [3.8, 4) is 5.75 Å². The topological polar surface area (TPSA) is 57.5 Å². The Morgan fingerprint density at radius 2 is 2.00 bits per heavy atom. The summed E-state index contributed by atoms with van der Waals surface area (Å²) in [5, 5.41) is 19.1. The van der Waals surface area contributed by atoms with Gasteiger partial charge in [-0.25, -0.2) is 0 Å². The van der Waals surface area contributed by atoms with Gasteiger partial charge in [-0.1, -0.05) is 42.5 Å². The van der Waals surface area contributed by atoms with Gasteiger partial charge in [-0.05, 0) is 12.5 Å². The number of carboxylic acids is 1. The van der Waals surface area contributed by atoms with Crippen molar-refractivity contribution in [2.75, 3.05) is 0 Å². The van der Waals surface area contributed by atoms with E-state index in [-0.39, 0.29) is 5.75 Å². The number of benzene rings is 1. The van der Waals surface area contributed by atoms with Crippen molar-refractivity contribution in [1.82, 2.24) is 0 Å². The lowest BCUT2D eigenvalue weighted by Crippen LogP contribution is -2.34. The highest BCUT2D eigenvalue weighted by atomic mass is 16.4. The van der Waals surface area contributed by atoms with Crippen molar-refractivity contribution < 1.29 is 15.0 Å². The van der Waals surface area contributed by atoms with E-state index in [0.29, 0.717) is 12.0 Å². The van der Waals surface area contributed by atoms with Gasteiger partial charge in [0.25, 0.3) is 0 Å². The fraction of sp³-hybridized carbons (Fsp3) is 0.154. The molecule has 0 bridgehead atoms. The van der Waals surface area contributed by atoms with Crippen LogP contribution in [0.3, 0.4) is 0 Å². The Bertz CT molecular complexity index is 474. The van der Waals surface area contributed by atoms with Crippen LogP contribution >= 0.6 is 0 Å². The molecule has 0 heterocycles. The van der Waals surface area contributed by atoms with Crippen molar-refractivity contribution >= 4 is 5.97 Å². The third kappa shape index (κ3) is 1.50. The van der Waals surface area contributed by atoms with Gasteiger partial charge in [0, 0.05) is 5.56 Å². The molecule has 0 amide bonds. The predicted octanol–water partition coefficient (Wildman–Crippen LogP) is 2.23. The predicted molar refractivity (Wildman–Crippen MR) is 60.3 cm³/mol. The fourth-order valence-corrected chi connectivity index (χ4v) is 1.94. The number of allylic oxidation sites excluding steroid dienone is 3. The average Bonchev–Trinajstić information content (AvgIpc) is 2.30. The largest absolute Gasteiger partial charge is 0.508 e. The minimum atomic E-state index is -1.14. The Kier molecular flexibility index (Phi) is 2.52. The van der Waals surface area contributed by atoms with Gasteiger partial charge in [0.1, 0.15) is 11.2 Å². The Morgan fingerprint density at radius 3 is 2.56 bits per heavy atom. The van der Waals surface area contributed by atoms with Crippen LogP contribution in [0.1, 0.15) is 12.0 Å². The zero-order valence-corrected chi connectivity index (χ0v) is 8.63. The Balaban J connectivity index is 2.57. The second kappa shape index (κ2) is 3.85. The van der Waals surface area contributed by atoms with E-state index in [4.69, 9.17) is 0 Å². The number of hydrogen-bond acceptors (Lipinski definition) is 2. The molecule has 1 aliphatic rings. The third-order valence-corrected chi connectivity index (χ3v) is 2.83. The second-order valence-corrected chi connectivity index (χ2v) is 3.79. The first-order valence-corrected chi connectivity index (χ1v) is 5.03. The van der Waals surface area contributed by atoms with Crippen LogP contribution in [-0.2, 0) is 10.2 Å². The number of aliphatic carboxylic acids is 1. The Labute approximate surface area is 93.4 Å². The molecule has 1 atom stereocenters. The summed E-state index contributed by atoms with van der Waals surface area (Å²) in [5.74, 6) is -0.931. The van der Waals surface area contributed by atoms with Gasteiger partial charge in [-0.15, -0.1) is 0 Å². The maximum absolute atomic E-state index is 11.4. The summed E-state index contributed by atoms with van der Waals surface area (Å²) in [6.07, 6.45) is 7.27. The molecule has 1 unspecified atom stereocenters. The van der Waals surface area contributed by atoms with Crippen LogP contribution in [-0.4, -0.2) is 16.2 Å². The van der Waals surface area contributed by atoms with Crippen LogP contribution in [0.4, 0.5) is 0 Å². The normalized spacial score (nSPS) is 23.2. The number of para-hydroxylation sites is 1. The molecule has 0 saturated carbocycles. The summed E-state index contributed by atoms with van der Waals surface area (Å²) in [7, 11) is 0. The lowest BCUT2D eigenvalue weighted by Gasteiger charge is -2.27. The fourth-order valence-electron chi connectivity index (χ4n) is 1.94. The quantitative estimate of drug-likeness (QED) is 0.797. The summed E-state index contributed by atoms with van der Waals surface area (Å²) >= 11 is 0. The molecule has 82 valence electrons. The molecule has 16 heavy (non-hydrogen) atoms. The number of hydrogen-bond donors (Lipinski definition) is 2. The van der Waals surface area contributed by atoms with E-state index in [0.717, 1.165) is 0 Å². The molecule has 0 aliphatic heterocycles. The van der Waals surface area contributed by atoms with E-state index in [9.17, 15) is 15.0 Å². The van der Waals surface area contributed by atoms with Gasteiger partial charge >= 0.3 is 5.97 Å². The number of carbonyl (C=O) groups is 1. The number of rotatable bonds is 2. The Morgan fingerprint density at radius 1 is 1.25 bits per heavy atom. The van der Waals surface area contributed by atoms with E-state index in [1.54, 1.807) is 42.5 Å². The van der Waals surface area contributed by atoms with Crippen LogP contribution in [0.2, 0.25) is 0 Å². The van der Waals surface area contributed by atoms with Crippen LogP contribution in [0.15, 0.2) is 48.6 Å². The number of aromatic hydroxyl groups is 1. The Hall–Kier alpha value is -2.03. The van der Waals surface area contributed by atoms with Gasteiger partial charge in [0.05, 0.1) is 0 Å². The van der Waals surface area contributed by atoms with Gasteiger partial charge in [0.15, 0.2) is 0 Å². The summed E-state index contributed by atoms with van der Waals surface area (Å²) < 4.78 is 0. The first kappa shape index (κ1) is 10.5. The van der Waals surface area contributed by atoms with Crippen LogP contribution < -0.4 is 0 Å². The van der Waals surface area contributed by atoms with Gasteiger partial charge in [-0.2, -0.15) is 0 Å². The highest BCUT2D eigenvalue weighted by molar-refractivity contribution is 5.85. The molecule has 0 spiro atoms. The molecule has 1 aromatic carbocycles. The van der Waals surface area contributed by atoms with Crippen LogP contribution in [0, 0.1) is 0 Å². The molecule has 1 aromatic rings. The molecule has 0 aromatic heterocycles. The average molecular weight is 216 g/mol. The minimum absolute atomic E-state index is 0.0184. The second-order valence-electron chi connectivity index (χ2n) is 3.79. The van der Waals surface area contributed by atoms with Crippen molar-refractivity contribution in [2.24, 2.45) is 0 Å². The highest BCUT2D eigenvalue weighted by Gasteiger charge is 2.39. The summed E-state index contributed by atoms with van der Waals surface area (Å²) in [6.45, 7) is 0. The van der Waals surface area contributed by atoms with E-state index < -0.39 is 11.4 Å². The molecule has 2 rings (SSSR count). The van der Waals surface area contributed by atoms with Gasteiger partial charge in [0.2, 0.25) is 0 Å². The first-order chi connectivity index (χ1) is 7.67. The van der Waals surface area contributed by atoms with Crippen molar-refractivity contribution in [3.63, 3.8) is 0 Å². The number of phenolic OH excluding ortho intramolecular Hbond substituents is 1. The SMILES string of the molecule is O=C(O)C1(c2ccccc2O)C=CC=CC1. The first-order valence-electron chi connectivity index (χ1n) is 5.03. The monoisotopic (exact) mass is 216 g/mol. The lowest BCUT2D eigenvalue weighted by molar-refractivity contribution is -0.141. The zero-order valence-electron chi connectivity index (χ0n) is 8.63. The third-order valence-electron chi connectivity index (χ3n) is 2.83. The summed E-state index contributed by atoms with van der Waals surface area (Å²) in [5.41, 5.74) is -0.705. The standard InChI is InChI=1S/C13H12O3/c14-11-7-3-2-6-10(11)13(12(15)16)8-4-1-5-9-13/h1-8,14H,9H2,(H,15,16). The molecule has 1 aliphatic carbocycles. The molecule has 3 heteroatoms. The maximum atomic E-state index is 11.4. The van der Waals surface area contributed by atoms with E-state index in [1.165, 1.54) is 6.07 Å². The lowest BCUT2D eigenvalue weighted by atomic mass is 9.75. The molecular weight excluding hydrogens is 204 g/mol. The number of carboxylic acid groups (broad SMARTS) is 1. The van der Waals surface area contributed by atoms with E-state index >= 15 is 0 Å². The number of phenols is 1. The molecule has 2 N–H and O–H groups in total. The van der Waals surface area contributed by atoms with Crippen LogP contribution in [0.5, 0.6) is 5.75 Å². The molecule has 0 radical (unpaired) electrons. The highest BCUT2D eigenvalue weighted by Crippen LogP contribution is 2.37. The van der Waals surface area contributed by atoms with Crippen molar-refractivity contribution in [3.05, 3.63) is 54.1 Å². The summed E-state index contributed by atoms with van der Waals surface area (Å²) in [4.78, 5) is 11.4. The van der Waals surface area contributed by atoms with E-state index in [1.807, 2.05) is 0 Å². The van der Waals surface area contributed by atoms with Crippen LogP contribution in [0.25, 0.3) is 0 Å². The molecule has 0 fully saturated rings. The van der Waals surface area contributed by atoms with Gasteiger partial charge < -0.3 is 10.2 Å². The molecular formula is C13H12O3. The smallest absolute Gasteiger partial charge is 0.318 e. The van der Waals surface area contributed by atoms with Crippen molar-refractivity contribution in [1.29, 1.82) is 0 Å². The molecule has 0 saturated heterocycles. The van der Waals surface area contributed by atoms with Gasteiger partial charge in [-0.3, -0.25) is 4.79 Å². The minimum Gasteiger partial charge on any atom is -0.508 e. The van der Waals surface area contributed by atoms with E-state index in [2.05, 4.69) is 0 Å².